The number of imide groups is 1. The molecule has 1 heterocycles. The van der Waals surface area contributed by atoms with Crippen molar-refractivity contribution in [3.63, 3.8) is 0 Å². The van der Waals surface area contributed by atoms with Crippen molar-refractivity contribution < 1.29 is 28.7 Å². The number of carbonyl (C=O) groups excluding carboxylic acids is 3. The van der Waals surface area contributed by atoms with E-state index in [1.807, 2.05) is 0 Å². The van der Waals surface area contributed by atoms with Crippen LogP contribution in [0.25, 0.3) is 0 Å². The maximum absolute atomic E-state index is 13.2. The van der Waals surface area contributed by atoms with Gasteiger partial charge in [-0.05, 0) is 57.5 Å². The molecule has 0 fully saturated rings. The van der Waals surface area contributed by atoms with Crippen LogP contribution in [-0.2, 0) is 16.1 Å². The molecule has 0 saturated heterocycles. The lowest BCUT2D eigenvalue weighted by atomic mass is 10.1. The van der Waals surface area contributed by atoms with Crippen molar-refractivity contribution in [1.82, 2.24) is 9.96 Å². The number of hydroxylamine groups is 2. The van der Waals surface area contributed by atoms with Crippen molar-refractivity contribution in [2.75, 3.05) is 0 Å². The molecule has 0 radical (unpaired) electrons. The fraction of sp³-hybridized carbons (Fsp3) is 0.348. The number of carbonyl (C=O) groups is 3. The van der Waals surface area contributed by atoms with Gasteiger partial charge in [0.1, 0.15) is 11.4 Å². The normalized spacial score (nSPS) is 15.8. The van der Waals surface area contributed by atoms with Crippen LogP contribution in [0.15, 0.2) is 48.5 Å². The maximum Gasteiger partial charge on any atom is 0.331 e. The Morgan fingerprint density at radius 3 is 2.06 bits per heavy atom. The number of rotatable bonds is 6. The SMILES string of the molecule is C[C@H]([C@H](C(=O)OC(C)(C)C)N1C(=O)c2ccccc2C1=O)N(O)Cc1ccc(F)cc1. The van der Waals surface area contributed by atoms with Crippen LogP contribution in [0.5, 0.6) is 0 Å². The highest BCUT2D eigenvalue weighted by Gasteiger charge is 2.47. The van der Waals surface area contributed by atoms with Gasteiger partial charge in [-0.25, -0.2) is 9.18 Å². The molecular formula is C23H25FN2O5. The summed E-state index contributed by atoms with van der Waals surface area (Å²) in [6, 6.07) is 9.40. The van der Waals surface area contributed by atoms with Gasteiger partial charge in [0.05, 0.1) is 17.2 Å². The summed E-state index contributed by atoms with van der Waals surface area (Å²) >= 11 is 0. The van der Waals surface area contributed by atoms with Gasteiger partial charge in [0.2, 0.25) is 0 Å². The Morgan fingerprint density at radius 1 is 1.06 bits per heavy atom. The molecule has 0 saturated carbocycles. The summed E-state index contributed by atoms with van der Waals surface area (Å²) in [5.74, 6) is -2.48. The minimum absolute atomic E-state index is 0.0517. The standard InChI is InChI=1S/C23H25FN2O5/c1-14(25(30)13-15-9-11-16(24)12-10-15)19(22(29)31-23(2,3)4)26-20(27)17-7-5-6-8-18(17)21(26)28/h5-12,14,19,30H,13H2,1-4H3/t14-,19-/m1/s1. The Bertz CT molecular complexity index is 965. The highest BCUT2D eigenvalue weighted by atomic mass is 19.1. The van der Waals surface area contributed by atoms with Gasteiger partial charge in [-0.15, -0.1) is 0 Å². The number of benzene rings is 2. The zero-order valence-corrected chi connectivity index (χ0v) is 17.8. The second kappa shape index (κ2) is 8.56. The molecule has 2 aromatic carbocycles. The third kappa shape index (κ3) is 4.81. The van der Waals surface area contributed by atoms with E-state index in [0.717, 1.165) is 9.96 Å². The number of nitrogens with zero attached hydrogens (tertiary/aromatic N) is 2. The van der Waals surface area contributed by atoms with Gasteiger partial charge in [0, 0.05) is 6.54 Å². The first-order valence-corrected chi connectivity index (χ1v) is 9.89. The molecule has 2 atom stereocenters. The predicted molar refractivity (Wildman–Crippen MR) is 110 cm³/mol. The van der Waals surface area contributed by atoms with Crippen molar-refractivity contribution in [1.29, 1.82) is 0 Å². The molecule has 1 aliphatic rings. The van der Waals surface area contributed by atoms with Crippen molar-refractivity contribution in [3.05, 3.63) is 71.0 Å². The number of amides is 2. The molecule has 8 heteroatoms. The zero-order valence-electron chi connectivity index (χ0n) is 17.8. The van der Waals surface area contributed by atoms with Crippen LogP contribution in [0.1, 0.15) is 54.0 Å². The van der Waals surface area contributed by atoms with Gasteiger partial charge in [-0.3, -0.25) is 14.5 Å². The topological polar surface area (TPSA) is 87.2 Å². The maximum atomic E-state index is 13.2. The van der Waals surface area contributed by atoms with Crippen LogP contribution in [0.2, 0.25) is 0 Å². The van der Waals surface area contributed by atoms with Gasteiger partial charge in [0.15, 0.2) is 6.04 Å². The fourth-order valence-electron chi connectivity index (χ4n) is 3.42. The lowest BCUT2D eigenvalue weighted by Crippen LogP contribution is -2.57. The van der Waals surface area contributed by atoms with Gasteiger partial charge in [0.25, 0.3) is 11.8 Å². The van der Waals surface area contributed by atoms with Crippen LogP contribution >= 0.6 is 0 Å². The minimum Gasteiger partial charge on any atom is -0.458 e. The minimum atomic E-state index is -1.39. The third-order valence-electron chi connectivity index (χ3n) is 4.94. The van der Waals surface area contributed by atoms with Crippen molar-refractivity contribution >= 4 is 17.8 Å². The van der Waals surface area contributed by atoms with Crippen molar-refractivity contribution in [2.45, 2.75) is 51.9 Å². The molecule has 1 N–H and O–H groups in total. The average Bonchev–Trinajstić information content (AvgIpc) is 2.94. The molecule has 0 unspecified atom stereocenters. The molecule has 0 bridgehead atoms. The monoisotopic (exact) mass is 428 g/mol. The second-order valence-electron chi connectivity index (χ2n) is 8.47. The summed E-state index contributed by atoms with van der Waals surface area (Å²) in [7, 11) is 0. The van der Waals surface area contributed by atoms with E-state index in [1.165, 1.54) is 43.3 Å². The highest BCUT2D eigenvalue weighted by molar-refractivity contribution is 6.22. The summed E-state index contributed by atoms with van der Waals surface area (Å²) in [4.78, 5) is 39.9. The van der Waals surface area contributed by atoms with Crippen LogP contribution in [-0.4, -0.2) is 50.6 Å². The van der Waals surface area contributed by atoms with E-state index in [4.69, 9.17) is 4.74 Å². The van der Waals surface area contributed by atoms with Gasteiger partial charge in [-0.2, -0.15) is 5.06 Å². The first-order valence-electron chi connectivity index (χ1n) is 9.89. The first kappa shape index (κ1) is 22.6. The predicted octanol–water partition coefficient (Wildman–Crippen LogP) is 3.41. The van der Waals surface area contributed by atoms with Crippen LogP contribution in [0.3, 0.4) is 0 Å². The molecule has 2 amide bonds. The molecule has 3 rings (SSSR count). The Balaban J connectivity index is 1.93. The first-order chi connectivity index (χ1) is 14.5. The molecule has 164 valence electrons. The van der Waals surface area contributed by atoms with E-state index in [1.54, 1.807) is 32.9 Å². The number of fused-ring (bicyclic) bond motifs is 1. The Morgan fingerprint density at radius 2 is 1.58 bits per heavy atom. The molecule has 0 aliphatic carbocycles. The summed E-state index contributed by atoms with van der Waals surface area (Å²) in [6.45, 7) is 6.48. The van der Waals surface area contributed by atoms with Crippen LogP contribution < -0.4 is 0 Å². The summed E-state index contributed by atoms with van der Waals surface area (Å²) < 4.78 is 18.6. The largest absolute Gasteiger partial charge is 0.458 e. The lowest BCUT2D eigenvalue weighted by Gasteiger charge is -2.35. The zero-order chi connectivity index (χ0) is 22.9. The smallest absolute Gasteiger partial charge is 0.331 e. The Kier molecular flexibility index (Phi) is 6.24. The molecule has 31 heavy (non-hydrogen) atoms. The second-order valence-corrected chi connectivity index (χ2v) is 8.47. The molecule has 7 nitrogen and oxygen atoms in total. The van der Waals surface area contributed by atoms with E-state index in [9.17, 15) is 24.0 Å². The quantitative estimate of drug-likeness (QED) is 0.431. The molecule has 2 aromatic rings. The molecular weight excluding hydrogens is 403 g/mol. The summed E-state index contributed by atoms with van der Waals surface area (Å²) in [5, 5.41) is 11.5. The van der Waals surface area contributed by atoms with Crippen molar-refractivity contribution in [3.8, 4) is 0 Å². The number of ether oxygens (including phenoxy) is 1. The molecule has 0 aromatic heterocycles. The van der Waals surface area contributed by atoms with E-state index < -0.39 is 41.3 Å². The molecule has 1 aliphatic heterocycles. The van der Waals surface area contributed by atoms with E-state index in [2.05, 4.69) is 0 Å². The Hall–Kier alpha value is -3.10. The van der Waals surface area contributed by atoms with Crippen molar-refractivity contribution in [2.24, 2.45) is 0 Å². The third-order valence-corrected chi connectivity index (χ3v) is 4.94. The summed E-state index contributed by atoms with van der Waals surface area (Å²) in [6.07, 6.45) is 0. The number of hydrogen-bond donors (Lipinski definition) is 1. The average molecular weight is 428 g/mol. The summed E-state index contributed by atoms with van der Waals surface area (Å²) in [5.41, 5.74) is 0.0962. The fourth-order valence-corrected chi connectivity index (χ4v) is 3.42. The van der Waals surface area contributed by atoms with Gasteiger partial charge in [-0.1, -0.05) is 24.3 Å². The number of esters is 1. The van der Waals surface area contributed by atoms with E-state index >= 15 is 0 Å². The van der Waals surface area contributed by atoms with Gasteiger partial charge >= 0.3 is 5.97 Å². The van der Waals surface area contributed by atoms with Crippen LogP contribution in [0, 0.1) is 5.82 Å². The Labute approximate surface area is 180 Å². The van der Waals surface area contributed by atoms with E-state index in [-0.39, 0.29) is 17.7 Å². The highest BCUT2D eigenvalue weighted by Crippen LogP contribution is 2.28. The number of hydrogen-bond acceptors (Lipinski definition) is 6. The van der Waals surface area contributed by atoms with E-state index in [0.29, 0.717) is 5.56 Å². The van der Waals surface area contributed by atoms with Gasteiger partial charge < -0.3 is 9.94 Å². The van der Waals surface area contributed by atoms with Crippen LogP contribution in [0.4, 0.5) is 4.39 Å². The number of halogens is 1. The lowest BCUT2D eigenvalue weighted by molar-refractivity contribution is -0.177. The molecule has 0 spiro atoms.